The molecule has 0 atom stereocenters. The molecule has 1 amide bonds. The van der Waals surface area contributed by atoms with Gasteiger partial charge >= 0.3 is 0 Å². The summed E-state index contributed by atoms with van der Waals surface area (Å²) in [6, 6.07) is 10.6. The predicted molar refractivity (Wildman–Crippen MR) is 98.5 cm³/mol. The number of benzene rings is 1. The van der Waals surface area contributed by atoms with Crippen molar-refractivity contribution in [2.45, 2.75) is 6.92 Å². The summed E-state index contributed by atoms with van der Waals surface area (Å²) in [5, 5.41) is 21.1. The number of anilines is 1. The number of hydrogen-bond donors (Lipinski definition) is 2. The summed E-state index contributed by atoms with van der Waals surface area (Å²) in [7, 11) is 1.75. The van der Waals surface area contributed by atoms with Crippen molar-refractivity contribution in [3.8, 4) is 12.1 Å². The molecule has 0 spiro atoms. The molecule has 0 aliphatic heterocycles. The number of aromatic nitrogens is 2. The summed E-state index contributed by atoms with van der Waals surface area (Å²) in [6.07, 6.45) is 1.46. The van der Waals surface area contributed by atoms with Crippen LogP contribution in [0.2, 0.25) is 0 Å². The average molecular weight is 363 g/mol. The van der Waals surface area contributed by atoms with Gasteiger partial charge in [0.2, 0.25) is 0 Å². The van der Waals surface area contributed by atoms with Crippen molar-refractivity contribution in [2.24, 2.45) is 7.05 Å². The summed E-state index contributed by atoms with van der Waals surface area (Å²) in [4.78, 5) is 15.5. The van der Waals surface area contributed by atoms with E-state index in [1.807, 2.05) is 13.0 Å². The minimum atomic E-state index is -0.553. The van der Waals surface area contributed by atoms with Gasteiger partial charge in [-0.25, -0.2) is 0 Å². The Balaban J connectivity index is 1.90. The second-order valence-corrected chi connectivity index (χ2v) is 5.96. The van der Waals surface area contributed by atoms with Gasteiger partial charge in [-0.2, -0.15) is 10.5 Å². The smallest absolute Gasteiger partial charge is 0.266 e. The van der Waals surface area contributed by atoms with Crippen LogP contribution < -0.4 is 5.32 Å². The molecule has 1 aromatic carbocycles. The van der Waals surface area contributed by atoms with Gasteiger partial charge in [0.1, 0.15) is 23.4 Å². The molecule has 0 unspecified atom stereocenters. The second-order valence-electron chi connectivity index (χ2n) is 5.59. The molecule has 0 radical (unpaired) electrons. The Morgan fingerprint density at radius 1 is 1.38 bits per heavy atom. The highest BCUT2D eigenvalue weighted by atomic mass is 32.1. The zero-order chi connectivity index (χ0) is 18.8. The normalized spacial score (nSPS) is 11.2. The number of oxazole rings is 1. The number of H-pyrrole nitrogens is 1. The second kappa shape index (κ2) is 6.71. The zero-order valence-corrected chi connectivity index (χ0v) is 14.8. The topological polar surface area (TPSA) is 111 Å². The Morgan fingerprint density at radius 2 is 2.15 bits per heavy atom. The third-order valence-electron chi connectivity index (χ3n) is 4.03. The van der Waals surface area contributed by atoms with E-state index in [0.717, 1.165) is 5.69 Å². The van der Waals surface area contributed by atoms with Gasteiger partial charge in [-0.3, -0.25) is 4.79 Å². The highest BCUT2D eigenvalue weighted by Crippen LogP contribution is 2.20. The van der Waals surface area contributed by atoms with Crippen LogP contribution in [0.5, 0.6) is 0 Å². The molecule has 26 heavy (non-hydrogen) atoms. The van der Waals surface area contributed by atoms with E-state index in [9.17, 15) is 10.1 Å². The lowest BCUT2D eigenvalue weighted by Gasteiger charge is -2.04. The van der Waals surface area contributed by atoms with Crippen LogP contribution in [0.4, 0.5) is 5.69 Å². The lowest BCUT2D eigenvalue weighted by atomic mass is 10.1. The number of aromatic amines is 1. The van der Waals surface area contributed by atoms with E-state index in [-0.39, 0.29) is 10.4 Å². The molecule has 128 valence electrons. The monoisotopic (exact) mass is 363 g/mol. The molecule has 0 saturated heterocycles. The van der Waals surface area contributed by atoms with E-state index in [4.69, 9.17) is 21.9 Å². The summed E-state index contributed by atoms with van der Waals surface area (Å²) < 4.78 is 7.01. The number of rotatable bonds is 3. The van der Waals surface area contributed by atoms with Gasteiger partial charge in [0.05, 0.1) is 5.52 Å². The van der Waals surface area contributed by atoms with Gasteiger partial charge in [0, 0.05) is 24.5 Å². The molecule has 3 aromatic rings. The molecule has 7 nitrogen and oxygen atoms in total. The van der Waals surface area contributed by atoms with Crippen molar-refractivity contribution < 1.29 is 9.21 Å². The van der Waals surface area contributed by atoms with Gasteiger partial charge in [-0.1, -0.05) is 0 Å². The first-order valence-electron chi connectivity index (χ1n) is 7.55. The first kappa shape index (κ1) is 17.2. The van der Waals surface area contributed by atoms with Gasteiger partial charge in [-0.05, 0) is 49.0 Å². The first-order valence-corrected chi connectivity index (χ1v) is 7.96. The summed E-state index contributed by atoms with van der Waals surface area (Å²) in [5.41, 5.74) is 3.50. The van der Waals surface area contributed by atoms with Crippen LogP contribution in [-0.4, -0.2) is 15.5 Å². The van der Waals surface area contributed by atoms with E-state index in [0.29, 0.717) is 28.0 Å². The number of nitriles is 2. The highest BCUT2D eigenvalue weighted by molar-refractivity contribution is 7.71. The van der Waals surface area contributed by atoms with E-state index >= 15 is 0 Å². The Labute approximate surface area is 153 Å². The number of amides is 1. The maximum Gasteiger partial charge on any atom is 0.266 e. The number of hydrogen-bond acceptors (Lipinski definition) is 5. The fourth-order valence-corrected chi connectivity index (χ4v) is 2.70. The number of carbonyl (C=O) groups is 1. The van der Waals surface area contributed by atoms with E-state index in [2.05, 4.69) is 16.4 Å². The maximum absolute atomic E-state index is 12.4. The summed E-state index contributed by atoms with van der Waals surface area (Å²) in [6.45, 7) is 1.81. The summed E-state index contributed by atoms with van der Waals surface area (Å²) >= 11 is 4.93. The largest absolute Gasteiger partial charge is 0.429 e. The maximum atomic E-state index is 12.4. The molecule has 2 aromatic heterocycles. The van der Waals surface area contributed by atoms with Crippen LogP contribution in [0.25, 0.3) is 17.2 Å². The van der Waals surface area contributed by atoms with Crippen molar-refractivity contribution in [1.82, 2.24) is 9.55 Å². The lowest BCUT2D eigenvalue weighted by molar-refractivity contribution is -0.112. The van der Waals surface area contributed by atoms with Gasteiger partial charge in [0.25, 0.3) is 10.7 Å². The van der Waals surface area contributed by atoms with Crippen molar-refractivity contribution in [3.63, 3.8) is 0 Å². The standard InChI is InChI=1S/C18H13N5O2S/c1-10-11(6-14(9-20)23(10)2)5-12(8-19)17(24)21-13-3-4-15-16(7-13)25-18(26)22-15/h3-7H,1-2H3,(H,21,24)(H,22,26)/b12-5-. The quantitative estimate of drug-likeness (QED) is 0.420. The molecule has 8 heteroatoms. The molecule has 0 aliphatic rings. The number of carbonyl (C=O) groups excluding carboxylic acids is 1. The molecule has 0 aliphatic carbocycles. The van der Waals surface area contributed by atoms with Gasteiger partial charge < -0.3 is 19.3 Å². The Bertz CT molecular complexity index is 1200. The Hall–Kier alpha value is -3.62. The lowest BCUT2D eigenvalue weighted by Crippen LogP contribution is -2.13. The zero-order valence-electron chi connectivity index (χ0n) is 14.0. The molecule has 3 rings (SSSR count). The Morgan fingerprint density at radius 3 is 2.81 bits per heavy atom. The molecule has 0 saturated carbocycles. The Kier molecular flexibility index (Phi) is 4.44. The molecular weight excluding hydrogens is 350 g/mol. The van der Waals surface area contributed by atoms with Crippen LogP contribution in [0.15, 0.2) is 34.3 Å². The molecular formula is C18H13N5O2S. The third-order valence-corrected chi connectivity index (χ3v) is 4.22. The van der Waals surface area contributed by atoms with Crippen LogP contribution in [0.1, 0.15) is 17.0 Å². The minimum Gasteiger partial charge on any atom is -0.429 e. The number of fused-ring (bicyclic) bond motifs is 1. The van der Waals surface area contributed by atoms with Crippen molar-refractivity contribution in [2.75, 3.05) is 5.32 Å². The van der Waals surface area contributed by atoms with E-state index in [1.54, 1.807) is 35.9 Å². The van der Waals surface area contributed by atoms with Gasteiger partial charge in [-0.15, -0.1) is 0 Å². The average Bonchev–Trinajstić information content (AvgIpc) is 3.12. The molecule has 2 heterocycles. The highest BCUT2D eigenvalue weighted by Gasteiger charge is 2.13. The van der Waals surface area contributed by atoms with Crippen LogP contribution >= 0.6 is 12.2 Å². The van der Waals surface area contributed by atoms with Crippen LogP contribution in [-0.2, 0) is 11.8 Å². The minimum absolute atomic E-state index is 0.0711. The SMILES string of the molecule is Cc1c(/C=C(/C#N)C(=O)Nc2ccc3[nH]c(=S)oc3c2)cc(C#N)n1C. The van der Waals surface area contributed by atoms with Crippen molar-refractivity contribution in [3.05, 3.63) is 51.6 Å². The number of nitrogens with zero attached hydrogens (tertiary/aromatic N) is 3. The molecule has 0 bridgehead atoms. The van der Waals surface area contributed by atoms with Crippen molar-refractivity contribution >= 4 is 41.0 Å². The van der Waals surface area contributed by atoms with Crippen LogP contribution in [0.3, 0.4) is 0 Å². The molecule has 0 fully saturated rings. The predicted octanol–water partition coefficient (Wildman–Crippen LogP) is 3.55. The summed E-state index contributed by atoms with van der Waals surface area (Å²) in [5.74, 6) is -0.553. The molecule has 2 N–H and O–H groups in total. The fourth-order valence-electron chi connectivity index (χ4n) is 2.50. The van der Waals surface area contributed by atoms with E-state index < -0.39 is 5.91 Å². The first-order chi connectivity index (χ1) is 12.4. The van der Waals surface area contributed by atoms with Crippen molar-refractivity contribution in [1.29, 1.82) is 10.5 Å². The van der Waals surface area contributed by atoms with Gasteiger partial charge in [0.15, 0.2) is 5.58 Å². The van der Waals surface area contributed by atoms with E-state index in [1.165, 1.54) is 6.08 Å². The van der Waals surface area contributed by atoms with Crippen LogP contribution in [0, 0.1) is 34.4 Å². The third kappa shape index (κ3) is 3.14. The number of nitrogens with one attached hydrogen (secondary N) is 2. The fraction of sp³-hybridized carbons (Fsp3) is 0.111.